The van der Waals surface area contributed by atoms with Crippen molar-refractivity contribution in [3.8, 4) is 0 Å². The first-order chi connectivity index (χ1) is 10.5. The Morgan fingerprint density at radius 3 is 2.45 bits per heavy atom. The quantitative estimate of drug-likeness (QED) is 0.796. The summed E-state index contributed by atoms with van der Waals surface area (Å²) in [5.41, 5.74) is 0.836. The summed E-state index contributed by atoms with van der Waals surface area (Å²) in [7, 11) is -3.47. The van der Waals surface area contributed by atoms with E-state index in [0.717, 1.165) is 10.0 Å². The maximum absolute atomic E-state index is 12.9. The second kappa shape index (κ2) is 6.20. The lowest BCUT2D eigenvalue weighted by atomic mass is 10.1. The summed E-state index contributed by atoms with van der Waals surface area (Å²) in [5, 5.41) is 0. The van der Waals surface area contributed by atoms with Crippen LogP contribution in [0.25, 0.3) is 0 Å². The number of hydrogen-bond acceptors (Lipinski definition) is 4. The second-order valence-corrected chi connectivity index (χ2v) is 8.44. The Bertz CT molecular complexity index is 646. The maximum atomic E-state index is 12.9. The molecule has 22 heavy (non-hydrogen) atoms. The van der Waals surface area contributed by atoms with Crippen LogP contribution >= 0.6 is 15.9 Å². The minimum absolute atomic E-state index is 0.405. The molecule has 7 heteroatoms. The van der Waals surface area contributed by atoms with Crippen molar-refractivity contribution in [1.29, 1.82) is 0 Å². The summed E-state index contributed by atoms with van der Waals surface area (Å²) in [4.78, 5) is 0.405. The molecule has 1 spiro atoms. The van der Waals surface area contributed by atoms with Crippen LogP contribution in [-0.2, 0) is 25.9 Å². The number of sulfonamides is 1. The van der Waals surface area contributed by atoms with Crippen molar-refractivity contribution in [3.63, 3.8) is 0 Å². The third-order valence-corrected chi connectivity index (χ3v) is 6.81. The van der Waals surface area contributed by atoms with Crippen LogP contribution in [0, 0.1) is 0 Å². The molecule has 0 atom stereocenters. The lowest BCUT2D eigenvalue weighted by Gasteiger charge is -2.37. The van der Waals surface area contributed by atoms with E-state index in [1.165, 1.54) is 0 Å². The van der Waals surface area contributed by atoms with Gasteiger partial charge in [-0.2, -0.15) is 4.31 Å². The molecule has 0 amide bonds. The normalized spacial score (nSPS) is 22.3. The van der Waals surface area contributed by atoms with Crippen LogP contribution in [0.2, 0.25) is 0 Å². The fourth-order valence-electron chi connectivity index (χ4n) is 3.07. The van der Waals surface area contributed by atoms with E-state index >= 15 is 0 Å². The highest BCUT2D eigenvalue weighted by Crippen LogP contribution is 2.34. The summed E-state index contributed by atoms with van der Waals surface area (Å²) in [6.07, 6.45) is 1.85. The molecular weight excluding hydrogens is 370 g/mol. The molecule has 2 saturated heterocycles. The van der Waals surface area contributed by atoms with Crippen LogP contribution in [0.1, 0.15) is 25.3 Å². The van der Waals surface area contributed by atoms with Gasteiger partial charge in [0.1, 0.15) is 0 Å². The number of nitrogens with zero attached hydrogens (tertiary/aromatic N) is 1. The molecule has 2 aliphatic rings. The highest BCUT2D eigenvalue weighted by molar-refractivity contribution is 9.10. The van der Waals surface area contributed by atoms with Crippen molar-refractivity contribution in [2.45, 2.75) is 36.9 Å². The number of hydrogen-bond donors (Lipinski definition) is 0. The fourth-order valence-corrected chi connectivity index (χ4v) is 5.19. The molecule has 3 rings (SSSR count). The third-order valence-electron chi connectivity index (χ3n) is 4.32. The van der Waals surface area contributed by atoms with Crippen molar-refractivity contribution in [2.24, 2.45) is 0 Å². The first kappa shape index (κ1) is 16.4. The van der Waals surface area contributed by atoms with Crippen LogP contribution in [0.15, 0.2) is 27.6 Å². The molecule has 0 unspecified atom stereocenters. The number of benzene rings is 1. The number of piperidine rings is 1. The minimum atomic E-state index is -3.47. The zero-order valence-electron chi connectivity index (χ0n) is 12.5. The van der Waals surface area contributed by atoms with Gasteiger partial charge in [0.2, 0.25) is 10.0 Å². The van der Waals surface area contributed by atoms with Crippen LogP contribution in [0.4, 0.5) is 0 Å². The average Bonchev–Trinajstić information content (AvgIpc) is 2.95. The highest BCUT2D eigenvalue weighted by atomic mass is 79.9. The third kappa shape index (κ3) is 2.97. The molecule has 0 bridgehead atoms. The van der Waals surface area contributed by atoms with Gasteiger partial charge >= 0.3 is 0 Å². The Balaban J connectivity index is 1.82. The number of halogens is 1. The van der Waals surface area contributed by atoms with Crippen LogP contribution in [-0.4, -0.2) is 44.8 Å². The fraction of sp³-hybridized carbons (Fsp3) is 0.600. The molecule has 0 radical (unpaired) electrons. The summed E-state index contributed by atoms with van der Waals surface area (Å²) < 4.78 is 39.6. The van der Waals surface area contributed by atoms with Gasteiger partial charge in [0.15, 0.2) is 5.79 Å². The van der Waals surface area contributed by atoms with Crippen LogP contribution in [0.5, 0.6) is 0 Å². The first-order valence-electron chi connectivity index (χ1n) is 7.53. The summed E-state index contributed by atoms with van der Waals surface area (Å²) >= 11 is 3.40. The van der Waals surface area contributed by atoms with Gasteiger partial charge in [-0.15, -0.1) is 0 Å². The zero-order chi connectivity index (χ0) is 15.8. The van der Waals surface area contributed by atoms with Gasteiger partial charge in [0.25, 0.3) is 0 Å². The monoisotopic (exact) mass is 389 g/mol. The Hall–Kier alpha value is -0.470. The van der Waals surface area contributed by atoms with E-state index in [0.29, 0.717) is 50.5 Å². The van der Waals surface area contributed by atoms with Crippen molar-refractivity contribution in [3.05, 3.63) is 28.2 Å². The molecule has 0 N–H and O–H groups in total. The van der Waals surface area contributed by atoms with Gasteiger partial charge in [0.05, 0.1) is 18.1 Å². The number of rotatable bonds is 3. The van der Waals surface area contributed by atoms with Gasteiger partial charge in [-0.3, -0.25) is 0 Å². The molecule has 0 aromatic heterocycles. The average molecular weight is 390 g/mol. The molecule has 2 heterocycles. The Kier molecular flexibility index (Phi) is 4.62. The highest BCUT2D eigenvalue weighted by Gasteiger charge is 2.42. The topological polar surface area (TPSA) is 55.8 Å². The molecule has 122 valence electrons. The summed E-state index contributed by atoms with van der Waals surface area (Å²) in [6, 6.07) is 5.34. The van der Waals surface area contributed by atoms with Crippen molar-refractivity contribution >= 4 is 26.0 Å². The number of ether oxygens (including phenoxy) is 2. The van der Waals surface area contributed by atoms with E-state index in [-0.39, 0.29) is 0 Å². The molecule has 1 aromatic carbocycles. The molecule has 0 saturated carbocycles. The minimum Gasteiger partial charge on any atom is -0.347 e. The lowest BCUT2D eigenvalue weighted by Crippen LogP contribution is -2.47. The van der Waals surface area contributed by atoms with Crippen LogP contribution < -0.4 is 0 Å². The lowest BCUT2D eigenvalue weighted by molar-refractivity contribution is -0.179. The molecular formula is C15H20BrNO4S. The zero-order valence-corrected chi connectivity index (χ0v) is 15.0. The van der Waals surface area contributed by atoms with Crippen molar-refractivity contribution in [2.75, 3.05) is 26.3 Å². The van der Waals surface area contributed by atoms with Gasteiger partial charge in [-0.25, -0.2) is 8.42 Å². The van der Waals surface area contributed by atoms with E-state index in [4.69, 9.17) is 9.47 Å². The predicted molar refractivity (Wildman–Crippen MR) is 86.1 cm³/mol. The largest absolute Gasteiger partial charge is 0.347 e. The van der Waals surface area contributed by atoms with Crippen LogP contribution in [0.3, 0.4) is 0 Å². The molecule has 1 aromatic rings. The van der Waals surface area contributed by atoms with Gasteiger partial charge in [-0.05, 0) is 30.2 Å². The van der Waals surface area contributed by atoms with Gasteiger partial charge in [-0.1, -0.05) is 22.9 Å². The summed E-state index contributed by atoms with van der Waals surface area (Å²) in [5.74, 6) is -0.556. The molecule has 2 fully saturated rings. The summed E-state index contributed by atoms with van der Waals surface area (Å²) in [6.45, 7) is 4.02. The Labute approximate surface area is 139 Å². The number of aryl methyl sites for hydroxylation is 1. The smallest absolute Gasteiger partial charge is 0.243 e. The van der Waals surface area contributed by atoms with Gasteiger partial charge in [0, 0.05) is 30.4 Å². The van der Waals surface area contributed by atoms with E-state index in [9.17, 15) is 8.42 Å². The van der Waals surface area contributed by atoms with Crippen molar-refractivity contribution < 1.29 is 17.9 Å². The van der Waals surface area contributed by atoms with E-state index in [1.807, 2.05) is 13.0 Å². The molecule has 2 aliphatic heterocycles. The van der Waals surface area contributed by atoms with E-state index < -0.39 is 15.8 Å². The van der Waals surface area contributed by atoms with E-state index in [1.54, 1.807) is 16.4 Å². The van der Waals surface area contributed by atoms with Gasteiger partial charge < -0.3 is 9.47 Å². The van der Waals surface area contributed by atoms with E-state index in [2.05, 4.69) is 15.9 Å². The standard InChI is InChI=1S/C15H20BrNO4S/c1-2-12-11-13(16)3-4-14(12)22(18,19)17-7-5-15(6-8-17)20-9-10-21-15/h3-4,11H,2,5-10H2,1H3. The maximum Gasteiger partial charge on any atom is 0.243 e. The molecule has 0 aliphatic carbocycles. The first-order valence-corrected chi connectivity index (χ1v) is 9.77. The SMILES string of the molecule is CCc1cc(Br)ccc1S(=O)(=O)N1CCC2(CC1)OCCO2. The Morgan fingerprint density at radius 1 is 1.23 bits per heavy atom. The predicted octanol–water partition coefficient (Wildman–Crippen LogP) is 2.54. The van der Waals surface area contributed by atoms with Crippen molar-refractivity contribution in [1.82, 2.24) is 4.31 Å². The second-order valence-electron chi connectivity index (χ2n) is 5.62. The Morgan fingerprint density at radius 2 is 1.86 bits per heavy atom. The molecule has 5 nitrogen and oxygen atoms in total.